The van der Waals surface area contributed by atoms with Crippen LogP contribution in [0, 0.1) is 0 Å². The molecule has 0 fully saturated rings. The summed E-state index contributed by atoms with van der Waals surface area (Å²) in [4.78, 5) is 0. The molecule has 11 heavy (non-hydrogen) atoms. The van der Waals surface area contributed by atoms with Crippen LogP contribution in [0.2, 0.25) is 0 Å². The van der Waals surface area contributed by atoms with Crippen molar-refractivity contribution >= 4 is 5.84 Å². The summed E-state index contributed by atoms with van der Waals surface area (Å²) in [6, 6.07) is 9.46. The molecule has 1 rings (SSSR count). The van der Waals surface area contributed by atoms with Gasteiger partial charge in [-0.25, -0.2) is 0 Å². The molecule has 0 aromatic heterocycles. The van der Waals surface area contributed by atoms with Crippen molar-refractivity contribution in [2.75, 3.05) is 0 Å². The van der Waals surface area contributed by atoms with Crippen molar-refractivity contribution in [1.29, 1.82) is 0 Å². The van der Waals surface area contributed by atoms with Gasteiger partial charge in [-0.1, -0.05) is 35.5 Å². The molecule has 57 valence electrons. The van der Waals surface area contributed by atoms with E-state index >= 15 is 0 Å². The van der Waals surface area contributed by atoms with Crippen molar-refractivity contribution in [2.24, 2.45) is 5.16 Å². The molecule has 0 saturated carbocycles. The van der Waals surface area contributed by atoms with Gasteiger partial charge in [0.05, 0.1) is 0 Å². The minimum absolute atomic E-state index is 0.0174. The van der Waals surface area contributed by atoms with E-state index in [1.807, 2.05) is 30.3 Å². The van der Waals surface area contributed by atoms with E-state index in [1.165, 1.54) is 0 Å². The third kappa shape index (κ3) is 2.29. The van der Waals surface area contributed by atoms with Crippen LogP contribution in [-0.4, -0.2) is 11.0 Å². The van der Waals surface area contributed by atoms with Crippen LogP contribution in [0.1, 0.15) is 5.56 Å². The van der Waals surface area contributed by atoms with Gasteiger partial charge in [0.25, 0.3) is 0 Å². The number of nitrogens with one attached hydrogen (secondary N) is 1. The minimum Gasteiger partial charge on any atom is -0.409 e. The van der Waals surface area contributed by atoms with Crippen molar-refractivity contribution in [3.8, 4) is 0 Å². The summed E-state index contributed by atoms with van der Waals surface area (Å²) >= 11 is 0. The van der Waals surface area contributed by atoms with Gasteiger partial charge in [-0.05, 0) is 5.56 Å². The molecule has 0 bridgehead atoms. The Morgan fingerprint density at radius 1 is 1.36 bits per heavy atom. The van der Waals surface area contributed by atoms with Gasteiger partial charge in [-0.3, -0.25) is 5.73 Å². The van der Waals surface area contributed by atoms with Gasteiger partial charge in [0.2, 0.25) is 0 Å². The fraction of sp³-hybridized carbons (Fsp3) is 0.125. The number of oxime groups is 1. The van der Waals surface area contributed by atoms with Crippen molar-refractivity contribution in [2.45, 2.75) is 6.42 Å². The van der Waals surface area contributed by atoms with E-state index in [0.717, 1.165) is 5.56 Å². The lowest BCUT2D eigenvalue weighted by Gasteiger charge is -1.95. The number of hydrogen-bond donors (Lipinski definition) is 1. The Labute approximate surface area is 65.1 Å². The van der Waals surface area contributed by atoms with Crippen LogP contribution < -0.4 is 5.73 Å². The predicted octanol–water partition coefficient (Wildman–Crippen LogP) is 1.30. The van der Waals surface area contributed by atoms with Crippen LogP contribution in [0.25, 0.3) is 0 Å². The van der Waals surface area contributed by atoms with Gasteiger partial charge in [0, 0.05) is 6.42 Å². The molecule has 1 aromatic rings. The summed E-state index contributed by atoms with van der Waals surface area (Å²) in [5, 5.41) is 11.0. The number of amidine groups is 1. The van der Waals surface area contributed by atoms with Crippen LogP contribution in [0.3, 0.4) is 0 Å². The quantitative estimate of drug-likeness (QED) is 0.293. The number of benzene rings is 1. The summed E-state index contributed by atoms with van der Waals surface area (Å²) in [5.74, 6) is -0.0174. The van der Waals surface area contributed by atoms with Gasteiger partial charge in [-0.15, -0.1) is 0 Å². The average Bonchev–Trinajstić information content (AvgIpc) is 2.06. The van der Waals surface area contributed by atoms with Crippen molar-refractivity contribution in [1.82, 2.24) is 5.73 Å². The largest absolute Gasteiger partial charge is 0.409 e. The zero-order valence-electron chi connectivity index (χ0n) is 5.99. The maximum Gasteiger partial charge on any atom is 0.164 e. The zero-order valence-corrected chi connectivity index (χ0v) is 5.99. The molecule has 0 atom stereocenters. The van der Waals surface area contributed by atoms with Gasteiger partial charge in [0.15, 0.2) is 5.84 Å². The summed E-state index contributed by atoms with van der Waals surface area (Å²) < 4.78 is 0. The van der Waals surface area contributed by atoms with Crippen molar-refractivity contribution in [3.05, 3.63) is 35.9 Å². The number of hydrogen-bond acceptors (Lipinski definition) is 2. The molecule has 3 heteroatoms. The first-order chi connectivity index (χ1) is 5.33. The summed E-state index contributed by atoms with van der Waals surface area (Å²) in [5.41, 5.74) is 8.04. The molecule has 0 unspecified atom stereocenters. The second-order valence-corrected chi connectivity index (χ2v) is 2.21. The monoisotopic (exact) mass is 149 g/mol. The Morgan fingerprint density at radius 3 is 2.55 bits per heavy atom. The molecule has 1 radical (unpaired) electrons. The number of nitrogens with zero attached hydrogens (tertiary/aromatic N) is 1. The third-order valence-electron chi connectivity index (χ3n) is 1.34. The van der Waals surface area contributed by atoms with E-state index in [4.69, 9.17) is 10.9 Å². The van der Waals surface area contributed by atoms with Crippen molar-refractivity contribution < 1.29 is 5.21 Å². The van der Waals surface area contributed by atoms with Gasteiger partial charge in [-0.2, -0.15) is 0 Å². The highest BCUT2D eigenvalue weighted by Crippen LogP contribution is 1.98. The summed E-state index contributed by atoms with van der Waals surface area (Å²) in [6.07, 6.45) is 0.386. The van der Waals surface area contributed by atoms with Crippen LogP contribution >= 0.6 is 0 Å². The van der Waals surface area contributed by atoms with Crippen LogP contribution in [0.5, 0.6) is 0 Å². The van der Waals surface area contributed by atoms with Gasteiger partial charge < -0.3 is 5.21 Å². The second-order valence-electron chi connectivity index (χ2n) is 2.21. The van der Waals surface area contributed by atoms with E-state index in [2.05, 4.69) is 5.16 Å². The van der Waals surface area contributed by atoms with Crippen LogP contribution in [0.4, 0.5) is 0 Å². The van der Waals surface area contributed by atoms with E-state index in [1.54, 1.807) is 0 Å². The first-order valence-corrected chi connectivity index (χ1v) is 3.29. The Balaban J connectivity index is 2.65. The second kappa shape index (κ2) is 3.61. The molecule has 0 saturated heterocycles. The molecule has 0 aliphatic heterocycles. The fourth-order valence-corrected chi connectivity index (χ4v) is 0.825. The lowest BCUT2D eigenvalue weighted by atomic mass is 10.1. The SMILES string of the molecule is [NH]C(Cc1ccccc1)=NO. The molecule has 0 heterocycles. The maximum atomic E-state index is 8.20. The predicted molar refractivity (Wildman–Crippen MR) is 42.5 cm³/mol. The standard InChI is InChI=1S/C8H9N2O/c9-8(10-11)6-7-4-2-1-3-5-7/h1-5,9,11H,6H2. The normalized spacial score (nSPS) is 11.5. The molecule has 0 amide bonds. The molecular formula is C8H9N2O. The average molecular weight is 149 g/mol. The highest BCUT2D eigenvalue weighted by atomic mass is 16.4. The summed E-state index contributed by atoms with van der Waals surface area (Å²) in [6.45, 7) is 0. The first kappa shape index (κ1) is 7.60. The highest BCUT2D eigenvalue weighted by molar-refractivity contribution is 5.81. The molecule has 0 spiro atoms. The molecule has 3 nitrogen and oxygen atoms in total. The first-order valence-electron chi connectivity index (χ1n) is 3.29. The van der Waals surface area contributed by atoms with Gasteiger partial charge in [0.1, 0.15) is 0 Å². The lowest BCUT2D eigenvalue weighted by molar-refractivity contribution is 0.317. The Kier molecular flexibility index (Phi) is 2.49. The highest BCUT2D eigenvalue weighted by Gasteiger charge is 1.95. The summed E-state index contributed by atoms with van der Waals surface area (Å²) in [7, 11) is 0. The third-order valence-corrected chi connectivity index (χ3v) is 1.34. The zero-order chi connectivity index (χ0) is 8.10. The minimum atomic E-state index is -0.0174. The molecule has 1 aromatic carbocycles. The number of rotatable bonds is 2. The Bertz CT molecular complexity index is 244. The molecule has 0 aliphatic carbocycles. The Hall–Kier alpha value is -1.51. The van der Waals surface area contributed by atoms with E-state index in [9.17, 15) is 0 Å². The van der Waals surface area contributed by atoms with Gasteiger partial charge >= 0.3 is 0 Å². The topological polar surface area (TPSA) is 56.4 Å². The van der Waals surface area contributed by atoms with E-state index < -0.39 is 0 Å². The van der Waals surface area contributed by atoms with Crippen LogP contribution in [0.15, 0.2) is 35.5 Å². The van der Waals surface area contributed by atoms with E-state index in [-0.39, 0.29) is 5.84 Å². The Morgan fingerprint density at radius 2 is 2.00 bits per heavy atom. The van der Waals surface area contributed by atoms with E-state index in [0.29, 0.717) is 6.42 Å². The maximum absolute atomic E-state index is 8.20. The molecule has 2 N–H and O–H groups in total. The smallest absolute Gasteiger partial charge is 0.164 e. The van der Waals surface area contributed by atoms with Crippen molar-refractivity contribution in [3.63, 3.8) is 0 Å². The molecular weight excluding hydrogens is 140 g/mol. The molecule has 0 aliphatic rings. The van der Waals surface area contributed by atoms with Crippen LogP contribution in [-0.2, 0) is 6.42 Å². The lowest BCUT2D eigenvalue weighted by Crippen LogP contribution is -2.02. The fourth-order valence-electron chi connectivity index (χ4n) is 0.825.